The zero-order valence-corrected chi connectivity index (χ0v) is 17.0. The van der Waals surface area contributed by atoms with E-state index in [4.69, 9.17) is 9.26 Å². The van der Waals surface area contributed by atoms with Gasteiger partial charge in [0.05, 0.1) is 18.7 Å². The quantitative estimate of drug-likeness (QED) is 0.582. The van der Waals surface area contributed by atoms with E-state index in [1.54, 1.807) is 10.9 Å². The molecule has 0 radical (unpaired) electrons. The van der Waals surface area contributed by atoms with Gasteiger partial charge in [0.2, 0.25) is 15.9 Å². The molecule has 1 saturated heterocycles. The van der Waals surface area contributed by atoms with E-state index in [1.807, 2.05) is 6.92 Å². The number of aromatic nitrogens is 4. The number of hydrogen-bond acceptors (Lipinski definition) is 7. The average molecular weight is 410 g/mol. The number of hydrogen-bond donors (Lipinski definition) is 0. The number of aryl methyl sites for hydroxylation is 1. The smallest absolute Gasteiger partial charge is 0.246 e. The van der Waals surface area contributed by atoms with E-state index in [-0.39, 0.29) is 10.8 Å². The zero-order valence-electron chi connectivity index (χ0n) is 16.2. The normalized spacial score (nSPS) is 21.2. The lowest BCUT2D eigenvalue weighted by atomic mass is 10.00. The predicted octanol–water partition coefficient (Wildman–Crippen LogP) is 1.82. The molecule has 0 amide bonds. The van der Waals surface area contributed by atoms with Gasteiger partial charge in [0.1, 0.15) is 4.90 Å². The maximum absolute atomic E-state index is 12.9. The van der Waals surface area contributed by atoms with E-state index in [0.29, 0.717) is 44.4 Å². The van der Waals surface area contributed by atoms with Crippen molar-refractivity contribution >= 4 is 10.0 Å². The molecule has 2 aromatic heterocycles. The van der Waals surface area contributed by atoms with Gasteiger partial charge in [-0.25, -0.2) is 8.42 Å². The number of nitrogens with zero attached hydrogens (tertiary/aromatic N) is 5. The standard InChI is InChI=1S/C18H27N5O4S/c1-2-22-12-16(10-19-22)28(24,25)23-8-3-4-15(11-23)18-20-17(21-27-18)7-9-26-13-14-5-6-14/h10,12,14-15H,2-9,11,13H2,1H3. The molecule has 10 heteroatoms. The molecule has 0 bridgehead atoms. The van der Waals surface area contributed by atoms with Crippen LogP contribution in [0, 0.1) is 5.92 Å². The van der Waals surface area contributed by atoms with Crippen LogP contribution in [0.5, 0.6) is 0 Å². The second kappa shape index (κ2) is 8.30. The second-order valence-electron chi connectivity index (χ2n) is 7.55. The first-order valence-corrected chi connectivity index (χ1v) is 11.4. The Balaban J connectivity index is 1.36. The molecule has 28 heavy (non-hydrogen) atoms. The molecule has 4 rings (SSSR count). The number of piperidine rings is 1. The van der Waals surface area contributed by atoms with Gasteiger partial charge in [0.25, 0.3) is 0 Å². The van der Waals surface area contributed by atoms with Crippen LogP contribution in [0.2, 0.25) is 0 Å². The summed E-state index contributed by atoms with van der Waals surface area (Å²) in [6.45, 7) is 4.79. The molecule has 3 heterocycles. The van der Waals surface area contributed by atoms with Crippen molar-refractivity contribution in [1.29, 1.82) is 0 Å². The first-order chi connectivity index (χ1) is 13.6. The van der Waals surface area contributed by atoms with Gasteiger partial charge in [-0.05, 0) is 38.5 Å². The minimum Gasteiger partial charge on any atom is -0.381 e. The Hall–Kier alpha value is -1.78. The molecular formula is C18H27N5O4S. The van der Waals surface area contributed by atoms with Crippen LogP contribution < -0.4 is 0 Å². The summed E-state index contributed by atoms with van der Waals surface area (Å²) < 4.78 is 40.0. The fraction of sp³-hybridized carbons (Fsp3) is 0.722. The molecule has 2 aliphatic rings. The summed E-state index contributed by atoms with van der Waals surface area (Å²) in [4.78, 5) is 4.71. The van der Waals surface area contributed by atoms with Crippen molar-refractivity contribution < 1.29 is 17.7 Å². The zero-order chi connectivity index (χ0) is 19.6. The second-order valence-corrected chi connectivity index (χ2v) is 9.49. The molecule has 2 aromatic rings. The van der Waals surface area contributed by atoms with Crippen LogP contribution in [0.3, 0.4) is 0 Å². The fourth-order valence-corrected chi connectivity index (χ4v) is 4.87. The maximum Gasteiger partial charge on any atom is 0.246 e. The van der Waals surface area contributed by atoms with Crippen LogP contribution >= 0.6 is 0 Å². The van der Waals surface area contributed by atoms with Gasteiger partial charge in [-0.2, -0.15) is 14.4 Å². The highest BCUT2D eigenvalue weighted by Crippen LogP contribution is 2.30. The largest absolute Gasteiger partial charge is 0.381 e. The molecule has 154 valence electrons. The molecule has 2 fully saturated rings. The minimum absolute atomic E-state index is 0.0848. The Morgan fingerprint density at radius 3 is 2.93 bits per heavy atom. The Bertz CT molecular complexity index is 889. The molecule has 0 spiro atoms. The van der Waals surface area contributed by atoms with Gasteiger partial charge in [-0.1, -0.05) is 5.16 Å². The monoisotopic (exact) mass is 409 g/mol. The Kier molecular flexibility index (Phi) is 5.79. The summed E-state index contributed by atoms with van der Waals surface area (Å²) in [7, 11) is -3.57. The highest BCUT2D eigenvalue weighted by molar-refractivity contribution is 7.89. The molecule has 1 atom stereocenters. The maximum atomic E-state index is 12.9. The van der Waals surface area contributed by atoms with Crippen molar-refractivity contribution in [3.63, 3.8) is 0 Å². The molecule has 9 nitrogen and oxygen atoms in total. The molecule has 0 aromatic carbocycles. The molecule has 1 saturated carbocycles. The summed E-state index contributed by atoms with van der Waals surface area (Å²) in [5.41, 5.74) is 0. The minimum atomic E-state index is -3.57. The summed E-state index contributed by atoms with van der Waals surface area (Å²) in [6.07, 6.45) is 7.73. The van der Waals surface area contributed by atoms with E-state index in [9.17, 15) is 8.42 Å². The third-order valence-electron chi connectivity index (χ3n) is 5.31. The summed E-state index contributed by atoms with van der Waals surface area (Å²) >= 11 is 0. The van der Waals surface area contributed by atoms with Gasteiger partial charge in [0, 0.05) is 38.9 Å². The SMILES string of the molecule is CCn1cc(S(=O)(=O)N2CCCC(c3nc(CCOCC4CC4)no3)C2)cn1. The van der Waals surface area contributed by atoms with Gasteiger partial charge < -0.3 is 9.26 Å². The van der Waals surface area contributed by atoms with Crippen molar-refractivity contribution in [2.75, 3.05) is 26.3 Å². The number of rotatable bonds is 9. The lowest BCUT2D eigenvalue weighted by Crippen LogP contribution is -2.39. The Labute approximate surface area is 165 Å². The molecule has 1 unspecified atom stereocenters. The van der Waals surface area contributed by atoms with Gasteiger partial charge >= 0.3 is 0 Å². The number of ether oxygens (including phenoxy) is 1. The Morgan fingerprint density at radius 1 is 1.32 bits per heavy atom. The van der Waals surface area contributed by atoms with Crippen molar-refractivity contribution in [2.45, 2.75) is 56.4 Å². The molecule has 1 aliphatic carbocycles. The van der Waals surface area contributed by atoms with E-state index in [1.165, 1.54) is 23.3 Å². The topological polar surface area (TPSA) is 103 Å². The summed E-state index contributed by atoms with van der Waals surface area (Å²) in [5.74, 6) is 1.79. The molecule has 1 aliphatic heterocycles. The van der Waals surface area contributed by atoms with Crippen LogP contribution in [0.4, 0.5) is 0 Å². The molecule has 0 N–H and O–H groups in total. The Morgan fingerprint density at radius 2 is 2.18 bits per heavy atom. The highest BCUT2D eigenvalue weighted by atomic mass is 32.2. The number of sulfonamides is 1. The van der Waals surface area contributed by atoms with Crippen LogP contribution in [-0.2, 0) is 27.7 Å². The van der Waals surface area contributed by atoms with E-state index < -0.39 is 10.0 Å². The third kappa shape index (κ3) is 4.44. The van der Waals surface area contributed by atoms with Crippen LogP contribution in [0.15, 0.2) is 21.8 Å². The predicted molar refractivity (Wildman–Crippen MR) is 100 cm³/mol. The first kappa shape index (κ1) is 19.5. The average Bonchev–Trinajstić information content (AvgIpc) is 3.20. The van der Waals surface area contributed by atoms with Gasteiger partial charge in [-0.15, -0.1) is 0 Å². The third-order valence-corrected chi connectivity index (χ3v) is 7.13. The van der Waals surface area contributed by atoms with Crippen LogP contribution in [0.25, 0.3) is 0 Å². The van der Waals surface area contributed by atoms with E-state index in [0.717, 1.165) is 25.4 Å². The van der Waals surface area contributed by atoms with Crippen LogP contribution in [0.1, 0.15) is 50.2 Å². The van der Waals surface area contributed by atoms with E-state index >= 15 is 0 Å². The first-order valence-electron chi connectivity index (χ1n) is 9.99. The van der Waals surface area contributed by atoms with Gasteiger partial charge in [0.15, 0.2) is 5.82 Å². The lowest BCUT2D eigenvalue weighted by molar-refractivity contribution is 0.125. The fourth-order valence-electron chi connectivity index (χ4n) is 3.39. The van der Waals surface area contributed by atoms with Crippen molar-refractivity contribution in [3.05, 3.63) is 24.1 Å². The lowest BCUT2D eigenvalue weighted by Gasteiger charge is -2.29. The van der Waals surface area contributed by atoms with E-state index in [2.05, 4.69) is 15.2 Å². The van der Waals surface area contributed by atoms with Crippen LogP contribution in [-0.4, -0.2) is 58.9 Å². The highest BCUT2D eigenvalue weighted by Gasteiger charge is 2.34. The van der Waals surface area contributed by atoms with Gasteiger partial charge in [-0.3, -0.25) is 4.68 Å². The summed E-state index contributed by atoms with van der Waals surface area (Å²) in [6, 6.07) is 0. The molecular weight excluding hydrogens is 382 g/mol. The van der Waals surface area contributed by atoms with Crippen molar-refractivity contribution in [1.82, 2.24) is 24.2 Å². The van der Waals surface area contributed by atoms with Crippen molar-refractivity contribution in [3.8, 4) is 0 Å². The summed E-state index contributed by atoms with van der Waals surface area (Å²) in [5, 5.41) is 8.12. The van der Waals surface area contributed by atoms with Crippen molar-refractivity contribution in [2.24, 2.45) is 5.92 Å².